The highest BCUT2D eigenvalue weighted by atomic mass is 32.2. The highest BCUT2D eigenvalue weighted by Crippen LogP contribution is 2.43. The van der Waals surface area contributed by atoms with Crippen LogP contribution in [0.25, 0.3) is 0 Å². The maximum atomic E-state index is 14.0. The number of aliphatic hydroxyl groups excluding tert-OH is 1. The van der Waals surface area contributed by atoms with E-state index in [2.05, 4.69) is 48.5 Å². The minimum Gasteiger partial charge on any atom is -0.416 e. The van der Waals surface area contributed by atoms with Gasteiger partial charge >= 0.3 is 0 Å². The lowest BCUT2D eigenvalue weighted by Gasteiger charge is -2.43. The summed E-state index contributed by atoms with van der Waals surface area (Å²) < 4.78 is 40.7. The molecule has 0 fully saturated rings. The summed E-state index contributed by atoms with van der Waals surface area (Å²) in [5.74, 6) is -0.513. The van der Waals surface area contributed by atoms with Crippen molar-refractivity contribution in [3.05, 3.63) is 66.2 Å². The highest BCUT2D eigenvalue weighted by Gasteiger charge is 2.45. The molecule has 5 atom stereocenters. The van der Waals surface area contributed by atoms with Gasteiger partial charge < -0.3 is 14.3 Å². The van der Waals surface area contributed by atoms with E-state index in [1.54, 1.807) is 24.3 Å². The maximum absolute atomic E-state index is 14.0. The van der Waals surface area contributed by atoms with Gasteiger partial charge in [0.2, 0.25) is 0 Å². The molecule has 5 nitrogen and oxygen atoms in total. The molecule has 2 aromatic carbocycles. The molecule has 0 bridgehead atoms. The largest absolute Gasteiger partial charge is 0.416 e. The SMILES string of the molecule is CC(C)[Si](OC[C@@H](C)C[C@@H](C)C([C@H](C)[C@@H](O)COCc1ccccc1)S(=O)(=O)c1ccccc1)(C(C)C)C(C)C. The summed E-state index contributed by atoms with van der Waals surface area (Å²) in [5, 5.41) is 10.4. The Hall–Kier alpha value is -1.51. The van der Waals surface area contributed by atoms with E-state index >= 15 is 0 Å². The van der Waals surface area contributed by atoms with Crippen molar-refractivity contribution >= 4 is 18.2 Å². The summed E-state index contributed by atoms with van der Waals surface area (Å²) in [4.78, 5) is 0.297. The molecule has 0 radical (unpaired) electrons. The molecule has 0 amide bonds. The Morgan fingerprint density at radius 1 is 0.750 bits per heavy atom. The Morgan fingerprint density at radius 2 is 1.25 bits per heavy atom. The number of benzene rings is 2. The molecule has 40 heavy (non-hydrogen) atoms. The van der Waals surface area contributed by atoms with Crippen LogP contribution in [0.1, 0.15) is 74.3 Å². The van der Waals surface area contributed by atoms with Gasteiger partial charge in [-0.25, -0.2) is 8.42 Å². The van der Waals surface area contributed by atoms with Crippen LogP contribution in [0.2, 0.25) is 16.6 Å². The van der Waals surface area contributed by atoms with Gasteiger partial charge in [0.25, 0.3) is 0 Å². The Balaban J connectivity index is 2.22. The van der Waals surface area contributed by atoms with Crippen LogP contribution < -0.4 is 0 Å². The smallest absolute Gasteiger partial charge is 0.200 e. The number of hydrogen-bond donors (Lipinski definition) is 1. The van der Waals surface area contributed by atoms with E-state index in [1.165, 1.54) is 0 Å². The summed E-state index contributed by atoms with van der Waals surface area (Å²) in [6.45, 7) is 20.8. The first-order valence-electron chi connectivity index (χ1n) is 15.0. The molecule has 1 N–H and O–H groups in total. The second-order valence-electron chi connectivity index (χ2n) is 12.7. The molecule has 0 spiro atoms. The summed E-state index contributed by atoms with van der Waals surface area (Å²) in [6, 6.07) is 18.4. The van der Waals surface area contributed by atoms with Gasteiger partial charge in [-0.2, -0.15) is 0 Å². The molecular weight excluding hydrogens is 537 g/mol. The van der Waals surface area contributed by atoms with Crippen molar-refractivity contribution in [2.45, 2.75) is 108 Å². The second-order valence-corrected chi connectivity index (χ2v) is 20.3. The van der Waals surface area contributed by atoms with Crippen molar-refractivity contribution in [3.63, 3.8) is 0 Å². The molecule has 0 heterocycles. The van der Waals surface area contributed by atoms with Crippen molar-refractivity contribution in [3.8, 4) is 0 Å². The first-order chi connectivity index (χ1) is 18.7. The maximum Gasteiger partial charge on any atom is 0.200 e. The Morgan fingerprint density at radius 3 is 1.75 bits per heavy atom. The van der Waals surface area contributed by atoms with Gasteiger partial charge in [0.05, 0.1) is 29.5 Å². The number of sulfone groups is 1. The van der Waals surface area contributed by atoms with Gasteiger partial charge in [0.1, 0.15) is 0 Å². The van der Waals surface area contributed by atoms with Crippen molar-refractivity contribution < 1.29 is 22.7 Å². The fourth-order valence-corrected chi connectivity index (χ4v) is 14.6. The molecular formula is C33H54O5SSi. The van der Waals surface area contributed by atoms with E-state index in [-0.39, 0.29) is 18.4 Å². The van der Waals surface area contributed by atoms with E-state index in [0.29, 0.717) is 41.2 Å². The summed E-state index contributed by atoms with van der Waals surface area (Å²) in [5.41, 5.74) is 2.50. The summed E-state index contributed by atoms with van der Waals surface area (Å²) in [6.07, 6.45) is -0.221. The normalized spacial score (nSPS) is 16.7. The first kappa shape index (κ1) is 34.7. The van der Waals surface area contributed by atoms with Crippen molar-refractivity contribution in [1.82, 2.24) is 0 Å². The predicted molar refractivity (Wildman–Crippen MR) is 169 cm³/mol. The first-order valence-corrected chi connectivity index (χ1v) is 18.7. The average molecular weight is 591 g/mol. The van der Waals surface area contributed by atoms with Gasteiger partial charge in [-0.1, -0.05) is 111 Å². The molecule has 2 rings (SSSR count). The molecule has 0 aliphatic carbocycles. The third kappa shape index (κ3) is 8.74. The average Bonchev–Trinajstić information content (AvgIpc) is 2.89. The van der Waals surface area contributed by atoms with E-state index < -0.39 is 35.4 Å². The lowest BCUT2D eigenvalue weighted by Crippen LogP contribution is -2.48. The summed E-state index contributed by atoms with van der Waals surface area (Å²) >= 11 is 0. The van der Waals surface area contributed by atoms with Crippen LogP contribution in [0.5, 0.6) is 0 Å². The predicted octanol–water partition coefficient (Wildman–Crippen LogP) is 7.90. The zero-order chi connectivity index (χ0) is 30.1. The molecule has 0 aliphatic heterocycles. The summed E-state index contributed by atoms with van der Waals surface area (Å²) in [7, 11) is -5.71. The minimum atomic E-state index is -3.70. The second kappa shape index (κ2) is 15.6. The lowest BCUT2D eigenvalue weighted by atomic mass is 9.87. The van der Waals surface area contributed by atoms with E-state index in [9.17, 15) is 13.5 Å². The van der Waals surface area contributed by atoms with Gasteiger partial charge in [-0.3, -0.25) is 0 Å². The third-order valence-electron chi connectivity index (χ3n) is 8.62. The Labute approximate surface area is 245 Å². The van der Waals surface area contributed by atoms with Crippen molar-refractivity contribution in [2.75, 3.05) is 13.2 Å². The molecule has 0 aliphatic rings. The van der Waals surface area contributed by atoms with E-state index in [4.69, 9.17) is 9.16 Å². The fourth-order valence-electron chi connectivity index (χ4n) is 6.74. The number of hydrogen-bond acceptors (Lipinski definition) is 5. The fraction of sp³-hybridized carbons (Fsp3) is 0.636. The molecule has 226 valence electrons. The number of ether oxygens (including phenoxy) is 1. The zero-order valence-electron chi connectivity index (χ0n) is 26.2. The van der Waals surface area contributed by atoms with Crippen LogP contribution in [0.4, 0.5) is 0 Å². The lowest BCUT2D eigenvalue weighted by molar-refractivity contribution is -0.00254. The molecule has 0 saturated carbocycles. The minimum absolute atomic E-state index is 0.0769. The third-order valence-corrected chi connectivity index (χ3v) is 17.2. The van der Waals surface area contributed by atoms with Crippen LogP contribution in [0.3, 0.4) is 0 Å². The zero-order valence-corrected chi connectivity index (χ0v) is 28.0. The molecule has 2 aromatic rings. The highest BCUT2D eigenvalue weighted by molar-refractivity contribution is 7.92. The molecule has 0 saturated heterocycles. The molecule has 0 aromatic heterocycles. The quantitative estimate of drug-likeness (QED) is 0.190. The molecule has 7 heteroatoms. The topological polar surface area (TPSA) is 72.8 Å². The van der Waals surface area contributed by atoms with Crippen LogP contribution in [-0.2, 0) is 25.6 Å². The van der Waals surface area contributed by atoms with E-state index in [1.807, 2.05) is 50.2 Å². The van der Waals surface area contributed by atoms with Crippen molar-refractivity contribution in [1.29, 1.82) is 0 Å². The monoisotopic (exact) mass is 590 g/mol. The standard InChI is InChI=1S/C33H54O5SSi/c1-24(2)40(25(3)4,26(5)6)38-21-27(7)20-28(8)33(39(35,36)31-18-14-11-15-19-31)29(9)32(34)23-37-22-30-16-12-10-13-17-30/h10-19,24-29,32-34H,20-23H2,1-9H3/t27-,28+,29+,32-,33?/m0/s1. The van der Waals surface area contributed by atoms with Crippen LogP contribution in [-0.4, -0.2) is 46.4 Å². The van der Waals surface area contributed by atoms with E-state index in [0.717, 1.165) is 5.56 Å². The number of aliphatic hydroxyl groups is 1. The van der Waals surface area contributed by atoms with Crippen LogP contribution in [0.15, 0.2) is 65.6 Å². The van der Waals surface area contributed by atoms with Crippen LogP contribution >= 0.6 is 0 Å². The van der Waals surface area contributed by atoms with Gasteiger partial charge in [0.15, 0.2) is 18.2 Å². The van der Waals surface area contributed by atoms with Gasteiger partial charge in [-0.15, -0.1) is 0 Å². The van der Waals surface area contributed by atoms with Crippen molar-refractivity contribution in [2.24, 2.45) is 17.8 Å². The van der Waals surface area contributed by atoms with Gasteiger partial charge in [0, 0.05) is 12.5 Å². The Bertz CT molecular complexity index is 1070. The Kier molecular flexibility index (Phi) is 13.6. The van der Waals surface area contributed by atoms with Gasteiger partial charge in [-0.05, 0) is 52.6 Å². The molecule has 1 unspecified atom stereocenters. The number of rotatable bonds is 17. The van der Waals surface area contributed by atoms with Crippen LogP contribution in [0, 0.1) is 17.8 Å².